The number of ether oxygens (including phenoxy) is 3. The average Bonchev–Trinajstić information content (AvgIpc) is 2.59. The molecule has 0 saturated heterocycles. The summed E-state index contributed by atoms with van der Waals surface area (Å²) in [4.78, 5) is 0. The lowest BCUT2D eigenvalue weighted by Gasteiger charge is -2.23. The van der Waals surface area contributed by atoms with Crippen LogP contribution in [0, 0.1) is 0 Å². The number of rotatable bonds is 8. The van der Waals surface area contributed by atoms with Crippen LogP contribution in [-0.4, -0.2) is 27.4 Å². The van der Waals surface area contributed by atoms with Crippen LogP contribution in [0.3, 0.4) is 0 Å². The van der Waals surface area contributed by atoms with Crippen molar-refractivity contribution in [2.75, 3.05) is 27.4 Å². The van der Waals surface area contributed by atoms with Gasteiger partial charge in [0.25, 0.3) is 0 Å². The van der Waals surface area contributed by atoms with Crippen molar-refractivity contribution in [1.82, 2.24) is 5.32 Å². The predicted octanol–water partition coefficient (Wildman–Crippen LogP) is 4.17. The first-order chi connectivity index (χ1) is 12.0. The Balaban J connectivity index is 2.01. The fraction of sp³-hybridized carbons (Fsp3) is 0.429. The molecule has 0 heterocycles. The first-order valence-electron chi connectivity index (χ1n) is 8.63. The topological polar surface area (TPSA) is 39.7 Å². The summed E-state index contributed by atoms with van der Waals surface area (Å²) in [6.07, 6.45) is 0. The van der Waals surface area contributed by atoms with Gasteiger partial charge >= 0.3 is 0 Å². The minimum Gasteiger partial charge on any atom is -0.493 e. The summed E-state index contributed by atoms with van der Waals surface area (Å²) in [5.41, 5.74) is 2.31. The first-order valence-corrected chi connectivity index (χ1v) is 8.63. The molecule has 4 nitrogen and oxygen atoms in total. The van der Waals surface area contributed by atoms with Crippen LogP contribution in [0.5, 0.6) is 17.2 Å². The SMILES string of the molecule is CNCc1cccc(OC)c1OCCOc1ccccc1C(C)(C)C. The molecule has 0 bridgehead atoms. The third kappa shape index (κ3) is 5.13. The highest BCUT2D eigenvalue weighted by atomic mass is 16.5. The minimum atomic E-state index is 0.0417. The molecular weight excluding hydrogens is 314 g/mol. The Morgan fingerprint density at radius 2 is 1.56 bits per heavy atom. The molecule has 0 unspecified atom stereocenters. The normalized spacial score (nSPS) is 11.2. The second-order valence-corrected chi connectivity index (χ2v) is 6.92. The summed E-state index contributed by atoms with van der Waals surface area (Å²) in [5, 5.41) is 3.15. The van der Waals surface area contributed by atoms with Crippen LogP contribution in [0.4, 0.5) is 0 Å². The van der Waals surface area contributed by atoms with Gasteiger partial charge in [0.15, 0.2) is 11.5 Å². The van der Waals surface area contributed by atoms with Crippen LogP contribution in [-0.2, 0) is 12.0 Å². The third-order valence-electron chi connectivity index (χ3n) is 3.93. The van der Waals surface area contributed by atoms with Gasteiger partial charge in [0.05, 0.1) is 7.11 Å². The second-order valence-electron chi connectivity index (χ2n) is 6.92. The van der Waals surface area contributed by atoms with Crippen LogP contribution < -0.4 is 19.5 Å². The summed E-state index contributed by atoms with van der Waals surface area (Å²) < 4.78 is 17.4. The molecule has 0 radical (unpaired) electrons. The molecule has 0 saturated carbocycles. The van der Waals surface area contributed by atoms with E-state index >= 15 is 0 Å². The molecule has 0 aromatic heterocycles. The van der Waals surface area contributed by atoms with Gasteiger partial charge in [-0.2, -0.15) is 0 Å². The van der Waals surface area contributed by atoms with Crippen molar-refractivity contribution in [2.24, 2.45) is 0 Å². The van der Waals surface area contributed by atoms with E-state index in [-0.39, 0.29) is 5.41 Å². The average molecular weight is 343 g/mol. The zero-order valence-corrected chi connectivity index (χ0v) is 15.9. The summed E-state index contributed by atoms with van der Waals surface area (Å²) in [6.45, 7) is 8.21. The van der Waals surface area contributed by atoms with Crippen molar-refractivity contribution in [2.45, 2.75) is 32.7 Å². The van der Waals surface area contributed by atoms with Gasteiger partial charge in [-0.1, -0.05) is 51.1 Å². The molecule has 136 valence electrons. The van der Waals surface area contributed by atoms with E-state index in [2.05, 4.69) is 32.2 Å². The van der Waals surface area contributed by atoms with E-state index in [0.717, 1.165) is 29.4 Å². The molecule has 1 N–H and O–H groups in total. The minimum absolute atomic E-state index is 0.0417. The van der Waals surface area contributed by atoms with Crippen LogP contribution in [0.1, 0.15) is 31.9 Å². The maximum Gasteiger partial charge on any atom is 0.165 e. The Morgan fingerprint density at radius 1 is 0.880 bits per heavy atom. The third-order valence-corrected chi connectivity index (χ3v) is 3.93. The van der Waals surface area contributed by atoms with Gasteiger partial charge in [-0.3, -0.25) is 0 Å². The van der Waals surface area contributed by atoms with Crippen LogP contribution in [0.25, 0.3) is 0 Å². The van der Waals surface area contributed by atoms with Gasteiger partial charge in [0.2, 0.25) is 0 Å². The molecule has 0 fully saturated rings. The smallest absolute Gasteiger partial charge is 0.165 e. The molecule has 0 atom stereocenters. The lowest BCUT2D eigenvalue weighted by Crippen LogP contribution is -2.16. The van der Waals surface area contributed by atoms with E-state index in [1.165, 1.54) is 5.56 Å². The van der Waals surface area contributed by atoms with Crippen molar-refractivity contribution in [3.63, 3.8) is 0 Å². The molecule has 0 aliphatic rings. The molecule has 2 rings (SSSR count). The summed E-state index contributed by atoms with van der Waals surface area (Å²) in [7, 11) is 3.57. The van der Waals surface area contributed by atoms with Gasteiger partial charge < -0.3 is 19.5 Å². The fourth-order valence-electron chi connectivity index (χ4n) is 2.72. The van der Waals surface area contributed by atoms with Crippen LogP contribution in [0.2, 0.25) is 0 Å². The van der Waals surface area contributed by atoms with Gasteiger partial charge in [0.1, 0.15) is 19.0 Å². The van der Waals surface area contributed by atoms with Crippen LogP contribution in [0.15, 0.2) is 42.5 Å². The van der Waals surface area contributed by atoms with Gasteiger partial charge in [-0.05, 0) is 30.2 Å². The highest BCUT2D eigenvalue weighted by molar-refractivity contribution is 5.46. The summed E-state index contributed by atoms with van der Waals surface area (Å²) in [5.74, 6) is 2.42. The zero-order chi connectivity index (χ0) is 18.3. The lowest BCUT2D eigenvalue weighted by molar-refractivity contribution is 0.207. The largest absolute Gasteiger partial charge is 0.493 e. The summed E-state index contributed by atoms with van der Waals surface area (Å²) in [6, 6.07) is 14.1. The molecule has 0 spiro atoms. The van der Waals surface area contributed by atoms with E-state index in [9.17, 15) is 0 Å². The summed E-state index contributed by atoms with van der Waals surface area (Å²) >= 11 is 0. The van der Waals surface area contributed by atoms with Crippen molar-refractivity contribution in [1.29, 1.82) is 0 Å². The Bertz CT molecular complexity index is 677. The van der Waals surface area contributed by atoms with Crippen molar-refractivity contribution < 1.29 is 14.2 Å². The Kier molecular flexibility index (Phi) is 6.71. The number of nitrogens with one attached hydrogen (secondary N) is 1. The predicted molar refractivity (Wildman–Crippen MR) is 102 cm³/mol. The monoisotopic (exact) mass is 343 g/mol. The molecule has 0 amide bonds. The van der Waals surface area contributed by atoms with E-state index in [1.54, 1.807) is 7.11 Å². The molecular formula is C21H29NO3. The Labute approximate surface area is 151 Å². The van der Waals surface area contributed by atoms with E-state index in [4.69, 9.17) is 14.2 Å². The van der Waals surface area contributed by atoms with Crippen LogP contribution >= 0.6 is 0 Å². The van der Waals surface area contributed by atoms with Crippen molar-refractivity contribution >= 4 is 0 Å². The second kappa shape index (κ2) is 8.77. The molecule has 2 aromatic carbocycles. The van der Waals surface area contributed by atoms with E-state index in [1.807, 2.05) is 43.4 Å². The maximum atomic E-state index is 5.98. The van der Waals surface area contributed by atoms with Crippen molar-refractivity contribution in [3.05, 3.63) is 53.6 Å². The molecule has 25 heavy (non-hydrogen) atoms. The Morgan fingerprint density at radius 3 is 2.24 bits per heavy atom. The number of benzene rings is 2. The van der Waals surface area contributed by atoms with Gasteiger partial charge in [-0.25, -0.2) is 0 Å². The number of hydrogen-bond donors (Lipinski definition) is 1. The van der Waals surface area contributed by atoms with Crippen molar-refractivity contribution in [3.8, 4) is 17.2 Å². The Hall–Kier alpha value is -2.20. The zero-order valence-electron chi connectivity index (χ0n) is 15.9. The maximum absolute atomic E-state index is 5.98. The molecule has 4 heteroatoms. The fourth-order valence-corrected chi connectivity index (χ4v) is 2.72. The number of para-hydroxylation sites is 2. The lowest BCUT2D eigenvalue weighted by atomic mass is 9.86. The standard InChI is InChI=1S/C21H29NO3/c1-21(2,3)17-10-6-7-11-18(17)24-13-14-25-20-16(15-22-4)9-8-12-19(20)23-5/h6-12,22H,13-15H2,1-5H3. The molecule has 0 aliphatic heterocycles. The van der Waals surface area contributed by atoms with E-state index in [0.29, 0.717) is 13.2 Å². The number of methoxy groups -OCH3 is 1. The highest BCUT2D eigenvalue weighted by Gasteiger charge is 2.18. The van der Waals surface area contributed by atoms with E-state index < -0.39 is 0 Å². The van der Waals surface area contributed by atoms with Gasteiger partial charge in [-0.15, -0.1) is 0 Å². The molecule has 0 aliphatic carbocycles. The molecule has 2 aromatic rings. The van der Waals surface area contributed by atoms with Gasteiger partial charge in [0, 0.05) is 12.1 Å². The highest BCUT2D eigenvalue weighted by Crippen LogP contribution is 2.32. The number of hydrogen-bond acceptors (Lipinski definition) is 4. The quantitative estimate of drug-likeness (QED) is 0.730. The first kappa shape index (κ1) is 19.1.